The number of anilines is 2. The first-order chi connectivity index (χ1) is 9.15. The van der Waals surface area contributed by atoms with E-state index in [9.17, 15) is 4.79 Å². The van der Waals surface area contributed by atoms with Crippen LogP contribution in [0.4, 0.5) is 11.8 Å². The Bertz CT molecular complexity index is 645. The molecular weight excluding hydrogens is 308 g/mol. The number of carbonyl (C=O) groups excluding carboxylic acids is 1. The number of carbonyl (C=O) groups is 1. The fourth-order valence-corrected chi connectivity index (χ4v) is 2.95. The van der Waals surface area contributed by atoms with Crippen molar-refractivity contribution in [3.8, 4) is 0 Å². The van der Waals surface area contributed by atoms with Gasteiger partial charge in [-0.05, 0) is 21.5 Å². The molecule has 6 heteroatoms. The van der Waals surface area contributed by atoms with Crippen LogP contribution in [-0.4, -0.2) is 15.9 Å². The maximum Gasteiger partial charge on any atom is 0.226 e. The SMILES string of the molecule is Nc1nc(Br)c2c(n1)NC(=O)CC2c1ccccc1. The van der Waals surface area contributed by atoms with E-state index in [1.54, 1.807) is 0 Å². The van der Waals surface area contributed by atoms with Crippen molar-refractivity contribution in [3.05, 3.63) is 46.1 Å². The molecule has 1 unspecified atom stereocenters. The van der Waals surface area contributed by atoms with Crippen molar-refractivity contribution in [3.63, 3.8) is 0 Å². The maximum atomic E-state index is 11.8. The molecule has 1 aromatic carbocycles. The molecule has 1 amide bonds. The molecule has 2 aromatic rings. The van der Waals surface area contributed by atoms with Crippen LogP contribution >= 0.6 is 15.9 Å². The summed E-state index contributed by atoms with van der Waals surface area (Å²) in [6, 6.07) is 9.84. The molecule has 3 rings (SSSR count). The Kier molecular flexibility index (Phi) is 2.94. The molecule has 5 nitrogen and oxygen atoms in total. The molecule has 96 valence electrons. The third-order valence-corrected chi connectivity index (χ3v) is 3.72. The Morgan fingerprint density at radius 1 is 1.26 bits per heavy atom. The second kappa shape index (κ2) is 4.62. The fourth-order valence-electron chi connectivity index (χ4n) is 2.30. The van der Waals surface area contributed by atoms with Crippen molar-refractivity contribution in [1.82, 2.24) is 9.97 Å². The number of fused-ring (bicyclic) bond motifs is 1. The summed E-state index contributed by atoms with van der Waals surface area (Å²) in [5.74, 6) is 0.510. The van der Waals surface area contributed by atoms with Gasteiger partial charge in [0.2, 0.25) is 11.9 Å². The predicted octanol–water partition coefficient (Wildman–Crippen LogP) is 2.30. The number of nitrogen functional groups attached to an aromatic ring is 1. The fraction of sp³-hybridized carbons (Fsp3) is 0.154. The summed E-state index contributed by atoms with van der Waals surface area (Å²) in [6.45, 7) is 0. The molecule has 1 aliphatic rings. The van der Waals surface area contributed by atoms with Crippen molar-refractivity contribution in [2.24, 2.45) is 0 Å². The zero-order valence-corrected chi connectivity index (χ0v) is 11.5. The number of amides is 1. The lowest BCUT2D eigenvalue weighted by molar-refractivity contribution is -0.116. The highest BCUT2D eigenvalue weighted by Gasteiger charge is 2.30. The van der Waals surface area contributed by atoms with Gasteiger partial charge in [0.25, 0.3) is 0 Å². The average molecular weight is 319 g/mol. The molecule has 0 aliphatic carbocycles. The van der Waals surface area contributed by atoms with Gasteiger partial charge in [0.05, 0.1) is 0 Å². The second-order valence-electron chi connectivity index (χ2n) is 4.35. The number of nitrogens with two attached hydrogens (primary N) is 1. The standard InChI is InChI=1S/C13H11BrN4O/c14-11-10-8(7-4-2-1-3-5-7)6-9(19)16-12(10)18-13(15)17-11/h1-5,8H,6H2,(H3,15,16,17,18,19). The molecule has 0 fully saturated rings. The van der Waals surface area contributed by atoms with Crippen molar-refractivity contribution in [1.29, 1.82) is 0 Å². The number of halogens is 1. The number of nitrogens with one attached hydrogen (secondary N) is 1. The van der Waals surface area contributed by atoms with Gasteiger partial charge in [-0.3, -0.25) is 4.79 Å². The topological polar surface area (TPSA) is 80.9 Å². The van der Waals surface area contributed by atoms with E-state index in [0.29, 0.717) is 16.8 Å². The monoisotopic (exact) mass is 318 g/mol. The largest absolute Gasteiger partial charge is 0.368 e. The van der Waals surface area contributed by atoms with Crippen LogP contribution in [0.15, 0.2) is 34.9 Å². The van der Waals surface area contributed by atoms with E-state index in [-0.39, 0.29) is 17.8 Å². The van der Waals surface area contributed by atoms with E-state index in [0.717, 1.165) is 11.1 Å². The minimum atomic E-state index is -0.0636. The summed E-state index contributed by atoms with van der Waals surface area (Å²) in [7, 11) is 0. The Morgan fingerprint density at radius 3 is 2.74 bits per heavy atom. The van der Waals surface area contributed by atoms with Crippen LogP contribution in [0.1, 0.15) is 23.5 Å². The van der Waals surface area contributed by atoms with Gasteiger partial charge in [-0.2, -0.15) is 4.98 Å². The molecule has 0 spiro atoms. The average Bonchev–Trinajstić information content (AvgIpc) is 2.38. The van der Waals surface area contributed by atoms with Gasteiger partial charge < -0.3 is 11.1 Å². The summed E-state index contributed by atoms with van der Waals surface area (Å²) >= 11 is 3.41. The van der Waals surface area contributed by atoms with Crippen LogP contribution < -0.4 is 11.1 Å². The van der Waals surface area contributed by atoms with Gasteiger partial charge >= 0.3 is 0 Å². The smallest absolute Gasteiger partial charge is 0.226 e. The molecule has 1 aliphatic heterocycles. The quantitative estimate of drug-likeness (QED) is 0.790. The van der Waals surface area contributed by atoms with Crippen LogP contribution in [0.5, 0.6) is 0 Å². The highest BCUT2D eigenvalue weighted by Crippen LogP contribution is 2.39. The van der Waals surface area contributed by atoms with E-state index in [1.165, 1.54) is 0 Å². The first-order valence-electron chi connectivity index (χ1n) is 5.83. The van der Waals surface area contributed by atoms with Crippen molar-refractivity contribution < 1.29 is 4.79 Å². The number of aromatic nitrogens is 2. The minimum Gasteiger partial charge on any atom is -0.368 e. The normalized spacial score (nSPS) is 17.7. The zero-order valence-electron chi connectivity index (χ0n) is 9.93. The number of hydrogen-bond acceptors (Lipinski definition) is 4. The Morgan fingerprint density at radius 2 is 2.00 bits per heavy atom. The van der Waals surface area contributed by atoms with Crippen LogP contribution in [0.3, 0.4) is 0 Å². The lowest BCUT2D eigenvalue weighted by Gasteiger charge is -2.25. The van der Waals surface area contributed by atoms with E-state index in [4.69, 9.17) is 5.73 Å². The number of nitrogens with zero attached hydrogens (tertiary/aromatic N) is 2. The van der Waals surface area contributed by atoms with Gasteiger partial charge in [0, 0.05) is 17.9 Å². The molecule has 19 heavy (non-hydrogen) atoms. The molecule has 0 saturated carbocycles. The van der Waals surface area contributed by atoms with Gasteiger partial charge in [0.1, 0.15) is 10.4 Å². The van der Waals surface area contributed by atoms with Gasteiger partial charge in [-0.25, -0.2) is 4.98 Å². The van der Waals surface area contributed by atoms with Gasteiger partial charge in [-0.1, -0.05) is 30.3 Å². The molecule has 2 heterocycles. The minimum absolute atomic E-state index is 0.0556. The molecular formula is C13H11BrN4O. The summed E-state index contributed by atoms with van der Waals surface area (Å²) in [6.07, 6.45) is 0.378. The lowest BCUT2D eigenvalue weighted by atomic mass is 9.87. The lowest BCUT2D eigenvalue weighted by Crippen LogP contribution is -2.25. The number of rotatable bonds is 1. The highest BCUT2D eigenvalue weighted by atomic mass is 79.9. The van der Waals surface area contributed by atoms with Crippen LogP contribution in [0.2, 0.25) is 0 Å². The van der Waals surface area contributed by atoms with Crippen molar-refractivity contribution in [2.75, 3.05) is 11.1 Å². The second-order valence-corrected chi connectivity index (χ2v) is 5.10. The number of benzene rings is 1. The molecule has 0 radical (unpaired) electrons. The maximum absolute atomic E-state index is 11.8. The zero-order chi connectivity index (χ0) is 13.4. The first kappa shape index (κ1) is 12.1. The highest BCUT2D eigenvalue weighted by molar-refractivity contribution is 9.10. The van der Waals surface area contributed by atoms with Crippen LogP contribution in [0, 0.1) is 0 Å². The van der Waals surface area contributed by atoms with Gasteiger partial charge in [-0.15, -0.1) is 0 Å². The Labute approximate surface area is 118 Å². The first-order valence-corrected chi connectivity index (χ1v) is 6.62. The Balaban J connectivity index is 2.17. The predicted molar refractivity (Wildman–Crippen MR) is 75.7 cm³/mol. The summed E-state index contributed by atoms with van der Waals surface area (Å²) < 4.78 is 0.629. The van der Waals surface area contributed by atoms with E-state index in [1.807, 2.05) is 30.3 Å². The van der Waals surface area contributed by atoms with E-state index in [2.05, 4.69) is 31.2 Å². The third-order valence-electron chi connectivity index (χ3n) is 3.11. The molecule has 1 atom stereocenters. The van der Waals surface area contributed by atoms with E-state index < -0.39 is 0 Å². The van der Waals surface area contributed by atoms with Crippen LogP contribution in [-0.2, 0) is 4.79 Å². The summed E-state index contributed by atoms with van der Waals surface area (Å²) in [5.41, 5.74) is 7.55. The molecule has 3 N–H and O–H groups in total. The molecule has 1 aromatic heterocycles. The summed E-state index contributed by atoms with van der Waals surface area (Å²) in [4.78, 5) is 20.0. The van der Waals surface area contributed by atoms with Gasteiger partial charge in [0.15, 0.2) is 0 Å². The molecule has 0 bridgehead atoms. The summed E-state index contributed by atoms with van der Waals surface area (Å²) in [5, 5.41) is 2.74. The van der Waals surface area contributed by atoms with Crippen molar-refractivity contribution >= 4 is 33.6 Å². The third kappa shape index (κ3) is 2.19. The molecule has 0 saturated heterocycles. The number of hydrogen-bond donors (Lipinski definition) is 2. The van der Waals surface area contributed by atoms with Crippen molar-refractivity contribution in [2.45, 2.75) is 12.3 Å². The van der Waals surface area contributed by atoms with Crippen LogP contribution in [0.25, 0.3) is 0 Å². The Hall–Kier alpha value is -1.95. The van der Waals surface area contributed by atoms with E-state index >= 15 is 0 Å².